The van der Waals surface area contributed by atoms with Gasteiger partial charge in [-0.05, 0) is 12.1 Å². The number of ether oxygens (including phenoxy) is 1. The lowest BCUT2D eigenvalue weighted by atomic mass is 10.2. The zero-order chi connectivity index (χ0) is 15.7. The minimum Gasteiger partial charge on any atom is -0.478 e. The van der Waals surface area contributed by atoms with Crippen molar-refractivity contribution in [3.63, 3.8) is 0 Å². The van der Waals surface area contributed by atoms with Gasteiger partial charge in [-0.1, -0.05) is 17.7 Å². The van der Waals surface area contributed by atoms with Crippen molar-refractivity contribution in [3.8, 4) is 5.75 Å². The number of rotatable bonds is 3. The van der Waals surface area contributed by atoms with Crippen molar-refractivity contribution in [2.75, 3.05) is 0 Å². The van der Waals surface area contributed by atoms with Gasteiger partial charge in [-0.3, -0.25) is 0 Å². The van der Waals surface area contributed by atoms with Crippen LogP contribution in [0.15, 0.2) is 18.2 Å². The zero-order valence-electron chi connectivity index (χ0n) is 9.22. The largest absolute Gasteiger partial charge is 0.478 e. The van der Waals surface area contributed by atoms with Crippen molar-refractivity contribution in [3.05, 3.63) is 28.8 Å². The van der Waals surface area contributed by atoms with Crippen molar-refractivity contribution in [2.45, 2.75) is 18.5 Å². The number of benzene rings is 1. The maximum atomic E-state index is 12.3. The predicted molar refractivity (Wildman–Crippen MR) is 54.9 cm³/mol. The number of carboxylic acids is 1. The fourth-order valence-corrected chi connectivity index (χ4v) is 1.50. The maximum absolute atomic E-state index is 12.3. The zero-order valence-corrected chi connectivity index (χ0v) is 9.97. The molecule has 0 aliphatic carbocycles. The fourth-order valence-electron chi connectivity index (χ4n) is 1.26. The third kappa shape index (κ3) is 3.69. The number of hydrogen-bond donors (Lipinski definition) is 1. The molecule has 10 heteroatoms. The Morgan fingerprint density at radius 2 is 1.65 bits per heavy atom. The summed E-state index contributed by atoms with van der Waals surface area (Å²) in [6.07, 6.45) is -15.7. The van der Waals surface area contributed by atoms with Crippen LogP contribution in [0.2, 0.25) is 5.02 Å². The molecular weight excluding hydrogens is 318 g/mol. The first kappa shape index (κ1) is 16.4. The molecule has 0 bridgehead atoms. The van der Waals surface area contributed by atoms with E-state index in [1.54, 1.807) is 0 Å². The standard InChI is InChI=1S/C10H5ClF6O3/c11-4-2-1-3-5(6(4)7(18)19)20-8(9(12,13)14)10(15,16)17/h1-3,8H,(H,18,19). The van der Waals surface area contributed by atoms with Crippen molar-refractivity contribution in [2.24, 2.45) is 0 Å². The van der Waals surface area contributed by atoms with Crippen LogP contribution in [0.5, 0.6) is 5.75 Å². The van der Waals surface area contributed by atoms with Crippen molar-refractivity contribution in [1.29, 1.82) is 0 Å². The summed E-state index contributed by atoms with van der Waals surface area (Å²) in [6.45, 7) is 0. The Kier molecular flexibility index (Phi) is 4.42. The number of halogens is 7. The summed E-state index contributed by atoms with van der Waals surface area (Å²) < 4.78 is 77.7. The van der Waals surface area contributed by atoms with Gasteiger partial charge in [0.2, 0.25) is 0 Å². The van der Waals surface area contributed by atoms with Gasteiger partial charge in [-0.2, -0.15) is 26.3 Å². The van der Waals surface area contributed by atoms with Crippen LogP contribution in [0.4, 0.5) is 26.3 Å². The van der Waals surface area contributed by atoms with Gasteiger partial charge in [-0.25, -0.2) is 4.79 Å². The molecule has 0 amide bonds. The number of alkyl halides is 6. The third-order valence-electron chi connectivity index (χ3n) is 2.03. The molecule has 0 unspecified atom stereocenters. The van der Waals surface area contributed by atoms with Gasteiger partial charge in [0.25, 0.3) is 6.10 Å². The predicted octanol–water partition coefficient (Wildman–Crippen LogP) is 3.91. The van der Waals surface area contributed by atoms with E-state index in [1.807, 2.05) is 0 Å². The van der Waals surface area contributed by atoms with E-state index < -0.39 is 40.8 Å². The van der Waals surface area contributed by atoms with E-state index in [4.69, 9.17) is 16.7 Å². The van der Waals surface area contributed by atoms with Crippen molar-refractivity contribution < 1.29 is 41.0 Å². The molecule has 20 heavy (non-hydrogen) atoms. The molecule has 112 valence electrons. The Balaban J connectivity index is 3.26. The van der Waals surface area contributed by atoms with E-state index in [0.717, 1.165) is 12.1 Å². The van der Waals surface area contributed by atoms with Gasteiger partial charge in [0.05, 0.1) is 5.02 Å². The summed E-state index contributed by atoms with van der Waals surface area (Å²) in [6, 6.07) is 2.61. The summed E-state index contributed by atoms with van der Waals surface area (Å²) >= 11 is 5.41. The Morgan fingerprint density at radius 1 is 1.15 bits per heavy atom. The Hall–Kier alpha value is -1.64. The minimum atomic E-state index is -5.75. The lowest BCUT2D eigenvalue weighted by Crippen LogP contribution is -2.46. The summed E-state index contributed by atoms with van der Waals surface area (Å²) in [5.41, 5.74) is -0.979. The van der Waals surface area contributed by atoms with Gasteiger partial charge >= 0.3 is 18.3 Å². The number of aromatic carboxylic acids is 1. The first-order chi connectivity index (χ1) is 8.94. The van der Waals surface area contributed by atoms with Crippen LogP contribution in [0, 0.1) is 0 Å². The Labute approximate surface area is 112 Å². The monoisotopic (exact) mass is 322 g/mol. The molecule has 0 aromatic heterocycles. The first-order valence-corrected chi connectivity index (χ1v) is 5.14. The highest BCUT2D eigenvalue weighted by Gasteiger charge is 2.59. The van der Waals surface area contributed by atoms with Crippen LogP contribution in [0.25, 0.3) is 0 Å². The van der Waals surface area contributed by atoms with Crippen LogP contribution in [-0.4, -0.2) is 29.5 Å². The van der Waals surface area contributed by atoms with Gasteiger partial charge in [0, 0.05) is 0 Å². The molecule has 3 nitrogen and oxygen atoms in total. The van der Waals surface area contributed by atoms with Crippen LogP contribution in [0.3, 0.4) is 0 Å². The van der Waals surface area contributed by atoms with Gasteiger partial charge in [0.1, 0.15) is 11.3 Å². The molecule has 0 aliphatic heterocycles. The van der Waals surface area contributed by atoms with E-state index >= 15 is 0 Å². The van der Waals surface area contributed by atoms with Gasteiger partial charge < -0.3 is 9.84 Å². The van der Waals surface area contributed by atoms with Crippen LogP contribution < -0.4 is 4.74 Å². The normalized spacial score (nSPS) is 12.6. The van der Waals surface area contributed by atoms with E-state index in [9.17, 15) is 31.1 Å². The molecule has 1 aromatic carbocycles. The number of carboxylic acid groups (broad SMARTS) is 1. The average molecular weight is 323 g/mol. The molecule has 1 N–H and O–H groups in total. The summed E-state index contributed by atoms with van der Waals surface area (Å²) in [5, 5.41) is 8.19. The molecule has 1 aromatic rings. The molecule has 0 spiro atoms. The number of hydrogen-bond acceptors (Lipinski definition) is 2. The average Bonchev–Trinajstić information content (AvgIpc) is 2.22. The molecule has 0 aliphatic rings. The first-order valence-electron chi connectivity index (χ1n) is 4.76. The second-order valence-corrected chi connectivity index (χ2v) is 3.91. The van der Waals surface area contributed by atoms with Gasteiger partial charge in [-0.15, -0.1) is 0 Å². The molecule has 0 saturated carbocycles. The second-order valence-electron chi connectivity index (χ2n) is 3.50. The Morgan fingerprint density at radius 3 is 2.05 bits per heavy atom. The summed E-state index contributed by atoms with van der Waals surface area (Å²) in [5.74, 6) is -2.93. The molecule has 0 fully saturated rings. The lowest BCUT2D eigenvalue weighted by Gasteiger charge is -2.24. The summed E-state index contributed by atoms with van der Waals surface area (Å²) in [4.78, 5) is 10.8. The van der Waals surface area contributed by atoms with Crippen molar-refractivity contribution >= 4 is 17.6 Å². The smallest absolute Gasteiger partial charge is 0.434 e. The molecule has 0 heterocycles. The molecule has 1 rings (SSSR count). The van der Waals surface area contributed by atoms with E-state index in [-0.39, 0.29) is 0 Å². The summed E-state index contributed by atoms with van der Waals surface area (Å²) in [7, 11) is 0. The Bertz CT molecular complexity index is 497. The quantitative estimate of drug-likeness (QED) is 0.858. The highest BCUT2D eigenvalue weighted by Crippen LogP contribution is 2.38. The minimum absolute atomic E-state index is 0.543. The topological polar surface area (TPSA) is 46.5 Å². The SMILES string of the molecule is O=C(O)c1c(Cl)cccc1OC(C(F)(F)F)C(F)(F)F. The highest BCUT2D eigenvalue weighted by molar-refractivity contribution is 6.33. The third-order valence-corrected chi connectivity index (χ3v) is 2.34. The van der Waals surface area contributed by atoms with Crippen LogP contribution in [0.1, 0.15) is 10.4 Å². The maximum Gasteiger partial charge on any atom is 0.434 e. The van der Waals surface area contributed by atoms with Crippen LogP contribution >= 0.6 is 11.6 Å². The molecular formula is C10H5ClF6O3. The van der Waals surface area contributed by atoms with E-state index in [0.29, 0.717) is 6.07 Å². The van der Waals surface area contributed by atoms with Crippen molar-refractivity contribution in [1.82, 2.24) is 0 Å². The molecule has 0 radical (unpaired) electrons. The molecule has 0 saturated heterocycles. The fraction of sp³-hybridized carbons (Fsp3) is 0.300. The highest BCUT2D eigenvalue weighted by atomic mass is 35.5. The van der Waals surface area contributed by atoms with Gasteiger partial charge in [0.15, 0.2) is 0 Å². The second kappa shape index (κ2) is 5.39. The molecule has 0 atom stereocenters. The van der Waals surface area contributed by atoms with E-state index in [1.165, 1.54) is 0 Å². The lowest BCUT2D eigenvalue weighted by molar-refractivity contribution is -0.299. The van der Waals surface area contributed by atoms with Crippen LogP contribution in [-0.2, 0) is 0 Å². The number of carbonyl (C=O) groups is 1. The van der Waals surface area contributed by atoms with E-state index in [2.05, 4.69) is 4.74 Å².